The smallest absolute Gasteiger partial charge is 0.323 e. The number of aryl methyl sites for hydroxylation is 1. The van der Waals surface area contributed by atoms with Crippen LogP contribution in [0.15, 0.2) is 36.8 Å². The number of rotatable bonds is 11. The monoisotopic (exact) mass is 435 g/mol. The van der Waals surface area contributed by atoms with Crippen LogP contribution in [0.1, 0.15) is 49.1 Å². The summed E-state index contributed by atoms with van der Waals surface area (Å²) in [5, 5.41) is 8.29. The number of carbonyl (C=O) groups is 1. The van der Waals surface area contributed by atoms with Gasteiger partial charge in [0.25, 0.3) is 0 Å². The predicted molar refractivity (Wildman–Crippen MR) is 127 cm³/mol. The number of para-hydroxylation sites is 1. The Bertz CT molecular complexity index is 1020. The zero-order valence-electron chi connectivity index (χ0n) is 18.8. The number of hydrogen-bond acceptors (Lipinski definition) is 6. The van der Waals surface area contributed by atoms with Crippen LogP contribution in [-0.4, -0.2) is 47.2 Å². The maximum Gasteiger partial charge on any atom is 0.323 e. The lowest BCUT2D eigenvalue weighted by atomic mass is 9.92. The number of pyridine rings is 1. The summed E-state index contributed by atoms with van der Waals surface area (Å²) in [5.41, 5.74) is 5.98. The average Bonchev–Trinajstić information content (AvgIpc) is 3.34. The van der Waals surface area contributed by atoms with Gasteiger partial charge in [0, 0.05) is 41.6 Å². The Kier molecular flexibility index (Phi) is 7.72. The van der Waals surface area contributed by atoms with E-state index < -0.39 is 0 Å². The first-order valence-electron chi connectivity index (χ1n) is 11.7. The summed E-state index contributed by atoms with van der Waals surface area (Å²) in [6.07, 6.45) is 11.8. The third-order valence-electron chi connectivity index (χ3n) is 6.18. The quantitative estimate of drug-likeness (QED) is 0.313. The summed E-state index contributed by atoms with van der Waals surface area (Å²) >= 11 is 0. The molecule has 7 nitrogen and oxygen atoms in total. The van der Waals surface area contributed by atoms with E-state index in [0.717, 1.165) is 56.4 Å². The van der Waals surface area contributed by atoms with Crippen LogP contribution in [0.2, 0.25) is 0 Å². The second kappa shape index (κ2) is 11.1. The van der Waals surface area contributed by atoms with Gasteiger partial charge in [-0.15, -0.1) is 0 Å². The highest BCUT2D eigenvalue weighted by Gasteiger charge is 2.20. The van der Waals surface area contributed by atoms with Crippen molar-refractivity contribution in [1.29, 1.82) is 0 Å². The molecule has 1 aliphatic carbocycles. The fourth-order valence-electron chi connectivity index (χ4n) is 4.49. The number of benzene rings is 1. The molecule has 32 heavy (non-hydrogen) atoms. The number of nitrogens with one attached hydrogen (secondary N) is 3. The number of aromatic amines is 1. The number of ether oxygens (including phenoxy) is 1. The van der Waals surface area contributed by atoms with E-state index in [1.165, 1.54) is 42.3 Å². The van der Waals surface area contributed by atoms with Gasteiger partial charge in [-0.1, -0.05) is 24.6 Å². The van der Waals surface area contributed by atoms with E-state index in [9.17, 15) is 4.79 Å². The van der Waals surface area contributed by atoms with Crippen molar-refractivity contribution in [2.24, 2.45) is 0 Å². The fraction of sp³-hybridized carbons (Fsp3) is 0.480. The molecule has 0 saturated heterocycles. The standard InChI is InChI=1S/C25H33N5O2/c1-32-25(31)23(15-18-16-26-17-29-18)27-13-7-2-8-14-28-24-19-9-3-5-11-21(19)30-22-12-6-4-10-20(22)24/h3,5,9,11,16-17,23,27H,2,4,6-8,10,12-15H2,1H3,(H,26,29)(H,28,30)/t23-/m0/s1. The third-order valence-corrected chi connectivity index (χ3v) is 6.18. The fourth-order valence-corrected chi connectivity index (χ4v) is 4.49. The molecule has 3 aromatic rings. The first kappa shape index (κ1) is 22.3. The number of imidazole rings is 1. The number of H-pyrrole nitrogens is 1. The van der Waals surface area contributed by atoms with Crippen molar-refractivity contribution in [2.45, 2.75) is 57.4 Å². The first-order chi connectivity index (χ1) is 15.8. The number of nitrogens with zero attached hydrogens (tertiary/aromatic N) is 2. The Labute approximate surface area is 189 Å². The van der Waals surface area contributed by atoms with Crippen LogP contribution in [0.3, 0.4) is 0 Å². The number of fused-ring (bicyclic) bond motifs is 2. The van der Waals surface area contributed by atoms with Gasteiger partial charge in [0.2, 0.25) is 0 Å². The summed E-state index contributed by atoms with van der Waals surface area (Å²) in [6.45, 7) is 1.72. The highest BCUT2D eigenvalue weighted by atomic mass is 16.5. The van der Waals surface area contributed by atoms with Gasteiger partial charge in [-0.2, -0.15) is 0 Å². The molecule has 1 atom stereocenters. The molecule has 0 bridgehead atoms. The molecule has 0 fully saturated rings. The number of anilines is 1. The van der Waals surface area contributed by atoms with Crippen LogP contribution >= 0.6 is 0 Å². The third kappa shape index (κ3) is 5.46. The van der Waals surface area contributed by atoms with E-state index in [1.54, 1.807) is 12.5 Å². The van der Waals surface area contributed by atoms with E-state index in [2.05, 4.69) is 44.9 Å². The van der Waals surface area contributed by atoms with Crippen molar-refractivity contribution in [3.8, 4) is 0 Å². The summed E-state index contributed by atoms with van der Waals surface area (Å²) in [6, 6.07) is 8.10. The van der Waals surface area contributed by atoms with Crippen LogP contribution in [0.25, 0.3) is 10.9 Å². The predicted octanol–water partition coefficient (Wildman–Crippen LogP) is 3.79. The maximum atomic E-state index is 12.1. The van der Waals surface area contributed by atoms with E-state index in [0.29, 0.717) is 6.42 Å². The molecule has 4 rings (SSSR count). The normalized spacial score (nSPS) is 14.2. The number of unbranched alkanes of at least 4 members (excludes halogenated alkanes) is 2. The lowest BCUT2D eigenvalue weighted by Crippen LogP contribution is -2.40. The Morgan fingerprint density at radius 3 is 2.84 bits per heavy atom. The minimum atomic E-state index is -0.353. The molecule has 3 N–H and O–H groups in total. The topological polar surface area (TPSA) is 91.9 Å². The van der Waals surface area contributed by atoms with Gasteiger partial charge in [-0.25, -0.2) is 4.98 Å². The zero-order valence-corrected chi connectivity index (χ0v) is 18.8. The molecule has 1 aliphatic rings. The average molecular weight is 436 g/mol. The molecule has 7 heteroatoms. The number of carbonyl (C=O) groups excluding carboxylic acids is 1. The van der Waals surface area contributed by atoms with Gasteiger partial charge in [-0.3, -0.25) is 9.78 Å². The van der Waals surface area contributed by atoms with Crippen molar-refractivity contribution in [3.63, 3.8) is 0 Å². The molecule has 2 aromatic heterocycles. The molecular weight excluding hydrogens is 402 g/mol. The lowest BCUT2D eigenvalue weighted by molar-refractivity contribution is -0.143. The van der Waals surface area contributed by atoms with Gasteiger partial charge in [0.05, 0.1) is 19.0 Å². The molecule has 0 amide bonds. The van der Waals surface area contributed by atoms with Gasteiger partial charge >= 0.3 is 5.97 Å². The highest BCUT2D eigenvalue weighted by Crippen LogP contribution is 2.33. The number of hydrogen-bond donors (Lipinski definition) is 3. The molecule has 0 aliphatic heterocycles. The molecule has 2 heterocycles. The SMILES string of the molecule is COC(=O)[C@H](Cc1cnc[nH]1)NCCCCCNc1c2c(nc3ccccc13)CCCC2. The largest absolute Gasteiger partial charge is 0.468 e. The second-order valence-corrected chi connectivity index (χ2v) is 8.43. The van der Waals surface area contributed by atoms with E-state index >= 15 is 0 Å². The van der Waals surface area contributed by atoms with Gasteiger partial charge in [0.15, 0.2) is 0 Å². The summed E-state index contributed by atoms with van der Waals surface area (Å²) < 4.78 is 4.94. The Hall–Kier alpha value is -2.93. The number of aromatic nitrogens is 3. The molecular formula is C25H33N5O2. The molecule has 170 valence electrons. The van der Waals surface area contributed by atoms with Crippen molar-refractivity contribution < 1.29 is 9.53 Å². The second-order valence-electron chi connectivity index (χ2n) is 8.43. The summed E-state index contributed by atoms with van der Waals surface area (Å²) in [7, 11) is 1.43. The number of methoxy groups -OCH3 is 1. The van der Waals surface area contributed by atoms with Crippen molar-refractivity contribution >= 4 is 22.6 Å². The summed E-state index contributed by atoms with van der Waals surface area (Å²) in [4.78, 5) is 24.0. The number of esters is 1. The molecule has 1 aromatic carbocycles. The molecule has 0 radical (unpaired) electrons. The minimum Gasteiger partial charge on any atom is -0.468 e. The van der Waals surface area contributed by atoms with Crippen molar-refractivity contribution in [2.75, 3.05) is 25.5 Å². The first-order valence-corrected chi connectivity index (χ1v) is 11.7. The van der Waals surface area contributed by atoms with Crippen LogP contribution < -0.4 is 10.6 Å². The van der Waals surface area contributed by atoms with Crippen molar-refractivity contribution in [3.05, 3.63) is 53.7 Å². The lowest BCUT2D eigenvalue weighted by Gasteiger charge is -2.21. The highest BCUT2D eigenvalue weighted by molar-refractivity contribution is 5.93. The van der Waals surface area contributed by atoms with Crippen LogP contribution in [0, 0.1) is 0 Å². The van der Waals surface area contributed by atoms with Gasteiger partial charge in [0.1, 0.15) is 6.04 Å². The van der Waals surface area contributed by atoms with E-state index in [4.69, 9.17) is 9.72 Å². The van der Waals surface area contributed by atoms with Crippen LogP contribution in [0.5, 0.6) is 0 Å². The minimum absolute atomic E-state index is 0.240. The Balaban J connectivity index is 1.25. The van der Waals surface area contributed by atoms with Crippen LogP contribution in [-0.2, 0) is 28.8 Å². The molecule has 0 unspecified atom stereocenters. The maximum absolute atomic E-state index is 12.1. The van der Waals surface area contributed by atoms with E-state index in [-0.39, 0.29) is 12.0 Å². The Morgan fingerprint density at radius 2 is 2.00 bits per heavy atom. The zero-order chi connectivity index (χ0) is 22.2. The van der Waals surface area contributed by atoms with Crippen LogP contribution in [0.4, 0.5) is 5.69 Å². The molecule has 0 spiro atoms. The molecule has 0 saturated carbocycles. The van der Waals surface area contributed by atoms with Gasteiger partial charge in [-0.05, 0) is 56.7 Å². The summed E-state index contributed by atoms with van der Waals surface area (Å²) in [5.74, 6) is -0.240. The Morgan fingerprint density at radius 1 is 1.16 bits per heavy atom. The van der Waals surface area contributed by atoms with E-state index in [1.807, 2.05) is 0 Å². The van der Waals surface area contributed by atoms with Crippen molar-refractivity contribution in [1.82, 2.24) is 20.3 Å². The van der Waals surface area contributed by atoms with Gasteiger partial charge < -0.3 is 20.4 Å².